The molecule has 0 radical (unpaired) electrons. The standard InChI is InChI=1S/C16H27N3O/c1-5-18(6-2)16(20)17-11-12-19(7-3)15-10-8-9-14(4)13-15/h8-10,13H,5-7,11-12H2,1-4H3,(H,17,20). The van der Waals surface area contributed by atoms with Crippen LogP contribution in [0.1, 0.15) is 26.3 Å². The van der Waals surface area contributed by atoms with Crippen molar-refractivity contribution < 1.29 is 4.79 Å². The van der Waals surface area contributed by atoms with Crippen LogP contribution >= 0.6 is 0 Å². The summed E-state index contributed by atoms with van der Waals surface area (Å²) in [5.74, 6) is 0. The number of anilines is 1. The number of carbonyl (C=O) groups excluding carboxylic acids is 1. The molecule has 2 amide bonds. The van der Waals surface area contributed by atoms with E-state index in [9.17, 15) is 4.79 Å². The van der Waals surface area contributed by atoms with Crippen LogP contribution < -0.4 is 10.2 Å². The lowest BCUT2D eigenvalue weighted by Crippen LogP contribution is -2.43. The van der Waals surface area contributed by atoms with E-state index in [1.54, 1.807) is 4.90 Å². The van der Waals surface area contributed by atoms with E-state index in [0.29, 0.717) is 6.54 Å². The van der Waals surface area contributed by atoms with Crippen molar-refractivity contribution in [2.45, 2.75) is 27.7 Å². The molecule has 0 atom stereocenters. The van der Waals surface area contributed by atoms with Crippen molar-refractivity contribution in [3.8, 4) is 0 Å². The van der Waals surface area contributed by atoms with Crippen LogP contribution in [0.15, 0.2) is 24.3 Å². The fraction of sp³-hybridized carbons (Fsp3) is 0.562. The molecular weight excluding hydrogens is 250 g/mol. The number of hydrogen-bond donors (Lipinski definition) is 1. The predicted molar refractivity (Wildman–Crippen MR) is 85.4 cm³/mol. The van der Waals surface area contributed by atoms with E-state index in [1.165, 1.54) is 11.3 Å². The van der Waals surface area contributed by atoms with Gasteiger partial charge in [0.1, 0.15) is 0 Å². The van der Waals surface area contributed by atoms with Crippen LogP contribution in [-0.2, 0) is 0 Å². The summed E-state index contributed by atoms with van der Waals surface area (Å²) in [7, 11) is 0. The van der Waals surface area contributed by atoms with Gasteiger partial charge < -0.3 is 15.1 Å². The van der Waals surface area contributed by atoms with Gasteiger partial charge in [-0.05, 0) is 45.4 Å². The van der Waals surface area contributed by atoms with Gasteiger partial charge in [-0.15, -0.1) is 0 Å². The zero-order valence-corrected chi connectivity index (χ0v) is 13.1. The summed E-state index contributed by atoms with van der Waals surface area (Å²) in [6.45, 7) is 12.1. The summed E-state index contributed by atoms with van der Waals surface area (Å²) >= 11 is 0. The highest BCUT2D eigenvalue weighted by molar-refractivity contribution is 5.74. The molecule has 0 aromatic heterocycles. The quantitative estimate of drug-likeness (QED) is 0.832. The first-order valence-corrected chi connectivity index (χ1v) is 7.46. The Morgan fingerprint density at radius 2 is 1.85 bits per heavy atom. The van der Waals surface area contributed by atoms with E-state index in [-0.39, 0.29) is 6.03 Å². The largest absolute Gasteiger partial charge is 0.370 e. The summed E-state index contributed by atoms with van der Waals surface area (Å²) < 4.78 is 0. The molecule has 1 rings (SSSR count). The second-order valence-electron chi connectivity index (χ2n) is 4.82. The third-order valence-corrected chi connectivity index (χ3v) is 3.46. The zero-order valence-electron chi connectivity index (χ0n) is 13.1. The number of amides is 2. The van der Waals surface area contributed by atoms with Crippen molar-refractivity contribution in [1.29, 1.82) is 0 Å². The number of hydrogen-bond acceptors (Lipinski definition) is 2. The Morgan fingerprint density at radius 3 is 2.40 bits per heavy atom. The van der Waals surface area contributed by atoms with Gasteiger partial charge in [0.05, 0.1) is 0 Å². The van der Waals surface area contributed by atoms with E-state index in [2.05, 4.69) is 48.3 Å². The lowest BCUT2D eigenvalue weighted by molar-refractivity contribution is 0.203. The normalized spacial score (nSPS) is 10.2. The third kappa shape index (κ3) is 4.76. The minimum atomic E-state index is 0.0234. The van der Waals surface area contributed by atoms with Crippen molar-refractivity contribution in [3.05, 3.63) is 29.8 Å². The molecule has 112 valence electrons. The van der Waals surface area contributed by atoms with Gasteiger partial charge >= 0.3 is 6.03 Å². The molecule has 0 saturated carbocycles. The van der Waals surface area contributed by atoms with Gasteiger partial charge in [0.25, 0.3) is 0 Å². The number of urea groups is 1. The fourth-order valence-corrected chi connectivity index (χ4v) is 2.21. The van der Waals surface area contributed by atoms with Crippen molar-refractivity contribution >= 4 is 11.7 Å². The fourth-order valence-electron chi connectivity index (χ4n) is 2.21. The Kier molecular flexibility index (Phi) is 6.91. The molecule has 0 unspecified atom stereocenters. The number of rotatable bonds is 7. The van der Waals surface area contributed by atoms with E-state index in [0.717, 1.165) is 26.2 Å². The van der Waals surface area contributed by atoms with Crippen LogP contribution in [0.25, 0.3) is 0 Å². The Morgan fingerprint density at radius 1 is 1.15 bits per heavy atom. The molecule has 0 bridgehead atoms. The van der Waals surface area contributed by atoms with Gasteiger partial charge in [0.15, 0.2) is 0 Å². The average molecular weight is 277 g/mol. The van der Waals surface area contributed by atoms with Gasteiger partial charge in [-0.3, -0.25) is 0 Å². The topological polar surface area (TPSA) is 35.6 Å². The molecule has 4 heteroatoms. The molecule has 0 aliphatic heterocycles. The summed E-state index contributed by atoms with van der Waals surface area (Å²) in [6, 6.07) is 8.48. The molecule has 1 aromatic carbocycles. The highest BCUT2D eigenvalue weighted by Crippen LogP contribution is 2.14. The maximum absolute atomic E-state index is 11.9. The molecule has 20 heavy (non-hydrogen) atoms. The van der Waals surface area contributed by atoms with E-state index in [4.69, 9.17) is 0 Å². The Labute approximate surface area is 122 Å². The second-order valence-corrected chi connectivity index (χ2v) is 4.82. The van der Waals surface area contributed by atoms with Gasteiger partial charge in [-0.25, -0.2) is 4.79 Å². The van der Waals surface area contributed by atoms with Crippen LogP contribution in [0.5, 0.6) is 0 Å². The maximum Gasteiger partial charge on any atom is 0.317 e. The van der Waals surface area contributed by atoms with Crippen LogP contribution in [0.3, 0.4) is 0 Å². The molecule has 0 spiro atoms. The van der Waals surface area contributed by atoms with Gasteiger partial charge in [-0.2, -0.15) is 0 Å². The highest BCUT2D eigenvalue weighted by atomic mass is 16.2. The van der Waals surface area contributed by atoms with E-state index in [1.807, 2.05) is 13.8 Å². The van der Waals surface area contributed by atoms with Crippen LogP contribution in [0.4, 0.5) is 10.5 Å². The van der Waals surface area contributed by atoms with Crippen molar-refractivity contribution in [1.82, 2.24) is 10.2 Å². The van der Waals surface area contributed by atoms with Crippen molar-refractivity contribution in [3.63, 3.8) is 0 Å². The average Bonchev–Trinajstić information content (AvgIpc) is 2.45. The zero-order chi connectivity index (χ0) is 15.0. The Balaban J connectivity index is 2.48. The molecule has 1 N–H and O–H groups in total. The molecule has 0 aliphatic carbocycles. The van der Waals surface area contributed by atoms with Gasteiger partial charge in [0, 0.05) is 38.4 Å². The lowest BCUT2D eigenvalue weighted by atomic mass is 10.2. The molecule has 0 saturated heterocycles. The monoisotopic (exact) mass is 277 g/mol. The SMILES string of the molecule is CCN(CC)C(=O)NCCN(CC)c1cccc(C)c1. The van der Waals surface area contributed by atoms with Crippen LogP contribution in [-0.4, -0.2) is 43.7 Å². The summed E-state index contributed by atoms with van der Waals surface area (Å²) in [5.41, 5.74) is 2.47. The first-order valence-electron chi connectivity index (χ1n) is 7.46. The number of nitrogens with zero attached hydrogens (tertiary/aromatic N) is 2. The van der Waals surface area contributed by atoms with E-state index >= 15 is 0 Å². The minimum absolute atomic E-state index is 0.0234. The number of aryl methyl sites for hydroxylation is 1. The molecule has 0 aliphatic rings. The first-order chi connectivity index (χ1) is 9.62. The molecule has 0 fully saturated rings. The number of likely N-dealkylation sites (N-methyl/N-ethyl adjacent to an activating group) is 1. The summed E-state index contributed by atoms with van der Waals surface area (Å²) in [5, 5.41) is 2.98. The van der Waals surface area contributed by atoms with Crippen LogP contribution in [0.2, 0.25) is 0 Å². The van der Waals surface area contributed by atoms with Crippen molar-refractivity contribution in [2.75, 3.05) is 37.6 Å². The van der Waals surface area contributed by atoms with Gasteiger partial charge in [-0.1, -0.05) is 12.1 Å². The summed E-state index contributed by atoms with van der Waals surface area (Å²) in [6.07, 6.45) is 0. The van der Waals surface area contributed by atoms with Gasteiger partial charge in [0.2, 0.25) is 0 Å². The van der Waals surface area contributed by atoms with Crippen molar-refractivity contribution in [2.24, 2.45) is 0 Å². The number of nitrogens with one attached hydrogen (secondary N) is 1. The maximum atomic E-state index is 11.9. The summed E-state index contributed by atoms with van der Waals surface area (Å²) in [4.78, 5) is 15.9. The highest BCUT2D eigenvalue weighted by Gasteiger charge is 2.09. The molecule has 0 heterocycles. The molecule has 1 aromatic rings. The Hall–Kier alpha value is -1.71. The predicted octanol–water partition coefficient (Wildman–Crippen LogP) is 2.87. The third-order valence-electron chi connectivity index (χ3n) is 3.46. The molecular formula is C16H27N3O. The van der Waals surface area contributed by atoms with Crippen LogP contribution in [0, 0.1) is 6.92 Å². The lowest BCUT2D eigenvalue weighted by Gasteiger charge is -2.25. The molecule has 4 nitrogen and oxygen atoms in total. The Bertz CT molecular complexity index is 416. The second kappa shape index (κ2) is 8.46. The number of benzene rings is 1. The first kappa shape index (κ1) is 16.3. The van der Waals surface area contributed by atoms with E-state index < -0.39 is 0 Å². The minimum Gasteiger partial charge on any atom is -0.370 e. The smallest absolute Gasteiger partial charge is 0.317 e. The number of carbonyl (C=O) groups is 1.